The summed E-state index contributed by atoms with van der Waals surface area (Å²) in [5.74, 6) is 0.535. The standard InChI is InChI=1S/C32H36F3NO2/c1-31(2,20-24-16-26-7-3-4-8-27(26)17-24)36-21-28(38)18-23-11-14-29(30(19-23)32(33,34)35)25-12-9-22(10-13-25)6-5-15-37/h3-4,7-15,19,24,28,36,38H,5-6,16-18,20-21H2,1-2H3. The molecular weight excluding hydrogens is 487 g/mol. The van der Waals surface area contributed by atoms with Crippen molar-refractivity contribution in [3.63, 3.8) is 0 Å². The number of halogens is 3. The maximum Gasteiger partial charge on any atom is 0.417 e. The van der Waals surface area contributed by atoms with Crippen LogP contribution in [-0.2, 0) is 36.7 Å². The zero-order valence-corrected chi connectivity index (χ0v) is 22.0. The third-order valence-corrected chi connectivity index (χ3v) is 7.43. The minimum absolute atomic E-state index is 0.106. The number of alkyl halides is 3. The van der Waals surface area contributed by atoms with E-state index in [1.165, 1.54) is 17.2 Å². The first-order chi connectivity index (χ1) is 18.0. The van der Waals surface area contributed by atoms with E-state index in [1.807, 2.05) is 0 Å². The van der Waals surface area contributed by atoms with Crippen LogP contribution in [0.1, 0.15) is 54.5 Å². The third-order valence-electron chi connectivity index (χ3n) is 7.43. The molecular formula is C32H36F3NO2. The van der Waals surface area contributed by atoms with Crippen molar-refractivity contribution in [2.24, 2.45) is 5.92 Å². The van der Waals surface area contributed by atoms with Gasteiger partial charge in [0.1, 0.15) is 6.29 Å². The third kappa shape index (κ3) is 7.33. The molecule has 3 nitrogen and oxygen atoms in total. The molecule has 1 atom stereocenters. The van der Waals surface area contributed by atoms with Crippen molar-refractivity contribution in [1.82, 2.24) is 5.32 Å². The van der Waals surface area contributed by atoms with Gasteiger partial charge in [-0.15, -0.1) is 0 Å². The Morgan fingerprint density at radius 1 is 0.974 bits per heavy atom. The van der Waals surface area contributed by atoms with Gasteiger partial charge in [0.25, 0.3) is 0 Å². The van der Waals surface area contributed by atoms with Crippen LogP contribution < -0.4 is 5.32 Å². The molecule has 0 fully saturated rings. The highest BCUT2D eigenvalue weighted by molar-refractivity contribution is 5.69. The van der Waals surface area contributed by atoms with Crippen molar-refractivity contribution in [3.8, 4) is 11.1 Å². The molecule has 2 N–H and O–H groups in total. The highest BCUT2D eigenvalue weighted by Gasteiger charge is 2.34. The zero-order chi connectivity index (χ0) is 27.3. The first kappa shape index (κ1) is 28.1. The number of rotatable bonds is 11. The first-order valence-corrected chi connectivity index (χ1v) is 13.3. The van der Waals surface area contributed by atoms with Crippen molar-refractivity contribution in [3.05, 3.63) is 94.5 Å². The van der Waals surface area contributed by atoms with Gasteiger partial charge < -0.3 is 15.2 Å². The van der Waals surface area contributed by atoms with Crippen LogP contribution >= 0.6 is 0 Å². The van der Waals surface area contributed by atoms with E-state index >= 15 is 0 Å². The summed E-state index contributed by atoms with van der Waals surface area (Å²) in [5, 5.41) is 14.1. The molecule has 202 valence electrons. The van der Waals surface area contributed by atoms with Crippen LogP contribution in [0.5, 0.6) is 0 Å². The number of carbonyl (C=O) groups excluding carboxylic acids is 1. The summed E-state index contributed by atoms with van der Waals surface area (Å²) in [6.07, 6.45) is -0.368. The van der Waals surface area contributed by atoms with Crippen LogP contribution in [0.4, 0.5) is 13.2 Å². The molecule has 0 bridgehead atoms. The van der Waals surface area contributed by atoms with E-state index in [1.54, 1.807) is 30.3 Å². The Bertz CT molecular complexity index is 1210. The second-order valence-corrected chi connectivity index (χ2v) is 11.1. The fourth-order valence-corrected chi connectivity index (χ4v) is 5.61. The van der Waals surface area contributed by atoms with Gasteiger partial charge in [-0.3, -0.25) is 0 Å². The highest BCUT2D eigenvalue weighted by atomic mass is 19.4. The number of aliphatic hydroxyl groups excluding tert-OH is 1. The summed E-state index contributed by atoms with van der Waals surface area (Å²) in [4.78, 5) is 10.6. The fourth-order valence-electron chi connectivity index (χ4n) is 5.61. The molecule has 1 aliphatic carbocycles. The van der Waals surface area contributed by atoms with Gasteiger partial charge in [0.2, 0.25) is 0 Å². The Kier molecular flexibility index (Phi) is 8.74. The number of aldehydes is 1. The lowest BCUT2D eigenvalue weighted by atomic mass is 9.88. The van der Waals surface area contributed by atoms with Crippen LogP contribution in [0, 0.1) is 5.92 Å². The van der Waals surface area contributed by atoms with Crippen molar-refractivity contribution in [2.75, 3.05) is 6.54 Å². The molecule has 38 heavy (non-hydrogen) atoms. The SMILES string of the molecule is CC(C)(CC1Cc2ccccc2C1)NCC(O)Cc1ccc(-c2ccc(CCC=O)cc2)c(C(F)(F)F)c1. The van der Waals surface area contributed by atoms with Gasteiger partial charge in [-0.25, -0.2) is 0 Å². The molecule has 0 radical (unpaired) electrons. The van der Waals surface area contributed by atoms with E-state index in [9.17, 15) is 23.1 Å². The quantitative estimate of drug-likeness (QED) is 0.279. The Hall–Kier alpha value is -2.96. The van der Waals surface area contributed by atoms with Crippen LogP contribution in [-0.4, -0.2) is 29.6 Å². The molecule has 1 unspecified atom stereocenters. The average Bonchev–Trinajstić information content (AvgIpc) is 3.28. The molecule has 3 aromatic rings. The predicted molar refractivity (Wildman–Crippen MR) is 145 cm³/mol. The van der Waals surface area contributed by atoms with Crippen LogP contribution in [0.25, 0.3) is 11.1 Å². The second kappa shape index (κ2) is 11.8. The van der Waals surface area contributed by atoms with Gasteiger partial charge in [-0.1, -0.05) is 60.7 Å². The molecule has 0 aliphatic heterocycles. The summed E-state index contributed by atoms with van der Waals surface area (Å²) in [6.45, 7) is 4.53. The molecule has 0 heterocycles. The number of fused-ring (bicyclic) bond motifs is 1. The minimum Gasteiger partial charge on any atom is -0.391 e. The van der Waals surface area contributed by atoms with E-state index in [2.05, 4.69) is 43.4 Å². The molecule has 3 aromatic carbocycles. The predicted octanol–water partition coefficient (Wildman–Crippen LogP) is 6.58. The summed E-state index contributed by atoms with van der Waals surface area (Å²) in [6, 6.07) is 19.7. The molecule has 0 amide bonds. The lowest BCUT2D eigenvalue weighted by Gasteiger charge is -2.30. The Morgan fingerprint density at radius 3 is 2.21 bits per heavy atom. The maximum atomic E-state index is 14.0. The van der Waals surface area contributed by atoms with E-state index < -0.39 is 17.8 Å². The van der Waals surface area contributed by atoms with Gasteiger partial charge in [-0.2, -0.15) is 13.2 Å². The highest BCUT2D eigenvalue weighted by Crippen LogP contribution is 2.38. The Labute approximate surface area is 223 Å². The molecule has 1 aliphatic rings. The van der Waals surface area contributed by atoms with E-state index in [0.717, 1.165) is 37.2 Å². The smallest absolute Gasteiger partial charge is 0.391 e. The van der Waals surface area contributed by atoms with E-state index in [0.29, 0.717) is 36.4 Å². The number of carbonyl (C=O) groups is 1. The average molecular weight is 524 g/mol. The monoisotopic (exact) mass is 523 g/mol. The number of aryl methyl sites for hydroxylation is 1. The van der Waals surface area contributed by atoms with Gasteiger partial charge in [0, 0.05) is 18.5 Å². The van der Waals surface area contributed by atoms with Crippen molar-refractivity contribution in [1.29, 1.82) is 0 Å². The molecule has 0 spiro atoms. The van der Waals surface area contributed by atoms with Gasteiger partial charge >= 0.3 is 6.18 Å². The normalized spacial score (nSPS) is 14.9. The zero-order valence-electron chi connectivity index (χ0n) is 22.0. The Morgan fingerprint density at radius 2 is 1.61 bits per heavy atom. The van der Waals surface area contributed by atoms with Crippen LogP contribution in [0.15, 0.2) is 66.7 Å². The number of hydrogen-bond donors (Lipinski definition) is 2. The number of benzene rings is 3. The van der Waals surface area contributed by atoms with Crippen LogP contribution in [0.3, 0.4) is 0 Å². The topological polar surface area (TPSA) is 49.3 Å². The number of hydrogen-bond acceptors (Lipinski definition) is 3. The molecule has 0 saturated heterocycles. The lowest BCUT2D eigenvalue weighted by Crippen LogP contribution is -2.45. The lowest BCUT2D eigenvalue weighted by molar-refractivity contribution is -0.137. The Balaban J connectivity index is 1.37. The van der Waals surface area contributed by atoms with Gasteiger partial charge in [0.15, 0.2) is 0 Å². The van der Waals surface area contributed by atoms with Gasteiger partial charge in [-0.05, 0) is 91.3 Å². The number of aliphatic hydroxyl groups is 1. The summed E-state index contributed by atoms with van der Waals surface area (Å²) in [7, 11) is 0. The van der Waals surface area contributed by atoms with E-state index in [4.69, 9.17) is 0 Å². The number of β-amino-alcohol motifs (C(OH)–C–C–N with tert-alkyl or cyclic N) is 1. The molecule has 4 rings (SSSR count). The molecule has 6 heteroatoms. The first-order valence-electron chi connectivity index (χ1n) is 13.3. The summed E-state index contributed by atoms with van der Waals surface area (Å²) >= 11 is 0. The van der Waals surface area contributed by atoms with E-state index in [-0.39, 0.29) is 17.5 Å². The van der Waals surface area contributed by atoms with Gasteiger partial charge in [0.05, 0.1) is 11.7 Å². The van der Waals surface area contributed by atoms with Crippen molar-refractivity contribution < 1.29 is 23.1 Å². The maximum absolute atomic E-state index is 14.0. The fraction of sp³-hybridized carbons (Fsp3) is 0.406. The summed E-state index contributed by atoms with van der Waals surface area (Å²) in [5.41, 5.74) is 3.83. The molecule has 0 saturated carbocycles. The largest absolute Gasteiger partial charge is 0.417 e. The van der Waals surface area contributed by atoms with Crippen molar-refractivity contribution >= 4 is 6.29 Å². The van der Waals surface area contributed by atoms with Crippen LogP contribution in [0.2, 0.25) is 0 Å². The van der Waals surface area contributed by atoms with Crippen molar-refractivity contribution in [2.45, 2.75) is 70.2 Å². The second-order valence-electron chi connectivity index (χ2n) is 11.1. The number of nitrogens with one attached hydrogen (secondary N) is 1. The minimum atomic E-state index is -4.52. The molecule has 0 aromatic heterocycles. The summed E-state index contributed by atoms with van der Waals surface area (Å²) < 4.78 is 41.9.